The summed E-state index contributed by atoms with van der Waals surface area (Å²) in [6, 6.07) is 0. The molecule has 1 unspecified atom stereocenters. The van der Waals surface area contributed by atoms with Gasteiger partial charge in [0.1, 0.15) is 0 Å². The molecular formula is C11H18N4O2S. The lowest BCUT2D eigenvalue weighted by atomic mass is 10.2. The highest BCUT2D eigenvalue weighted by molar-refractivity contribution is 7.17. The summed E-state index contributed by atoms with van der Waals surface area (Å²) in [6.45, 7) is 6.70. The van der Waals surface area contributed by atoms with Crippen LogP contribution >= 0.6 is 11.3 Å². The van der Waals surface area contributed by atoms with Gasteiger partial charge in [-0.2, -0.15) is 0 Å². The first-order valence-electron chi connectivity index (χ1n) is 6.22. The molecule has 1 aliphatic heterocycles. The van der Waals surface area contributed by atoms with Crippen molar-refractivity contribution in [3.63, 3.8) is 0 Å². The van der Waals surface area contributed by atoms with Crippen molar-refractivity contribution in [2.24, 2.45) is 0 Å². The fourth-order valence-electron chi connectivity index (χ4n) is 1.82. The van der Waals surface area contributed by atoms with Crippen molar-refractivity contribution >= 4 is 22.4 Å². The summed E-state index contributed by atoms with van der Waals surface area (Å²) in [5.41, 5.74) is 0. The summed E-state index contributed by atoms with van der Waals surface area (Å²) in [6.07, 6.45) is 1.06. The van der Waals surface area contributed by atoms with Gasteiger partial charge in [-0.3, -0.25) is 4.79 Å². The third kappa shape index (κ3) is 2.97. The van der Waals surface area contributed by atoms with Gasteiger partial charge in [0.2, 0.25) is 10.1 Å². The van der Waals surface area contributed by atoms with Crippen LogP contribution in [0.25, 0.3) is 0 Å². The minimum Gasteiger partial charge on any atom is -0.375 e. The molecule has 1 fully saturated rings. The third-order valence-electron chi connectivity index (χ3n) is 2.82. The lowest BCUT2D eigenvalue weighted by molar-refractivity contribution is -0.0226. The van der Waals surface area contributed by atoms with Gasteiger partial charge in [-0.15, -0.1) is 10.2 Å². The number of nitrogens with zero attached hydrogens (tertiary/aromatic N) is 3. The zero-order valence-corrected chi connectivity index (χ0v) is 11.5. The van der Waals surface area contributed by atoms with Crippen LogP contribution in [0.5, 0.6) is 0 Å². The smallest absolute Gasteiger partial charge is 0.285 e. The van der Waals surface area contributed by atoms with E-state index in [0.29, 0.717) is 29.8 Å². The van der Waals surface area contributed by atoms with Crippen molar-refractivity contribution in [3.05, 3.63) is 5.01 Å². The average Bonchev–Trinajstić information content (AvgIpc) is 2.87. The van der Waals surface area contributed by atoms with Crippen molar-refractivity contribution in [3.8, 4) is 0 Å². The van der Waals surface area contributed by atoms with Crippen molar-refractivity contribution < 1.29 is 9.53 Å². The lowest BCUT2D eigenvalue weighted by Crippen LogP contribution is -2.45. The number of rotatable bonds is 4. The maximum atomic E-state index is 12.2. The fraction of sp³-hybridized carbons (Fsp3) is 0.727. The Kier molecular flexibility index (Phi) is 4.48. The van der Waals surface area contributed by atoms with Crippen LogP contribution in [0.1, 0.15) is 30.1 Å². The second kappa shape index (κ2) is 6.10. The standard InChI is InChI=1S/C11H18N4O2S/c1-3-8-7-15(5-6-17-8)10(16)9-13-14-11(18-9)12-4-2/h8H,3-7H2,1-2H3,(H,12,14). The Labute approximate surface area is 110 Å². The Hall–Kier alpha value is -1.21. The maximum Gasteiger partial charge on any atom is 0.285 e. The van der Waals surface area contributed by atoms with Crippen LogP contribution in [0.15, 0.2) is 0 Å². The third-order valence-corrected chi connectivity index (χ3v) is 3.69. The number of amides is 1. The Morgan fingerprint density at radius 2 is 2.39 bits per heavy atom. The van der Waals surface area contributed by atoms with E-state index < -0.39 is 0 Å². The summed E-state index contributed by atoms with van der Waals surface area (Å²) >= 11 is 1.30. The van der Waals surface area contributed by atoms with Gasteiger partial charge in [0.05, 0.1) is 12.7 Å². The highest BCUT2D eigenvalue weighted by Gasteiger charge is 2.26. The van der Waals surface area contributed by atoms with Crippen molar-refractivity contribution in [1.82, 2.24) is 15.1 Å². The number of hydrogen-bond donors (Lipinski definition) is 1. The molecule has 0 saturated carbocycles. The molecule has 6 nitrogen and oxygen atoms in total. The Morgan fingerprint density at radius 1 is 1.56 bits per heavy atom. The zero-order valence-electron chi connectivity index (χ0n) is 10.7. The summed E-state index contributed by atoms with van der Waals surface area (Å²) in [5.74, 6) is -0.0431. The van der Waals surface area contributed by atoms with Crippen LogP contribution < -0.4 is 5.32 Å². The molecule has 1 aromatic heterocycles. The fourth-order valence-corrected chi connectivity index (χ4v) is 2.60. The van der Waals surface area contributed by atoms with E-state index in [1.54, 1.807) is 4.90 Å². The van der Waals surface area contributed by atoms with E-state index in [4.69, 9.17) is 4.74 Å². The van der Waals surface area contributed by atoms with Crippen LogP contribution in [0.4, 0.5) is 5.13 Å². The predicted octanol–water partition coefficient (Wildman–Crippen LogP) is 1.22. The molecular weight excluding hydrogens is 252 g/mol. The summed E-state index contributed by atoms with van der Waals surface area (Å²) in [4.78, 5) is 14.0. The summed E-state index contributed by atoms with van der Waals surface area (Å²) in [7, 11) is 0. The van der Waals surface area contributed by atoms with Crippen molar-refractivity contribution in [2.75, 3.05) is 31.6 Å². The molecule has 1 aromatic rings. The number of aromatic nitrogens is 2. The van der Waals surface area contributed by atoms with E-state index >= 15 is 0 Å². The van der Waals surface area contributed by atoms with Gasteiger partial charge < -0.3 is 15.0 Å². The average molecular weight is 270 g/mol. The molecule has 0 aromatic carbocycles. The largest absolute Gasteiger partial charge is 0.375 e. The molecule has 2 heterocycles. The molecule has 2 rings (SSSR count). The van der Waals surface area contributed by atoms with Gasteiger partial charge in [0.15, 0.2) is 0 Å². The van der Waals surface area contributed by atoms with Crippen LogP contribution in [0, 0.1) is 0 Å². The number of nitrogens with one attached hydrogen (secondary N) is 1. The van der Waals surface area contributed by atoms with E-state index in [9.17, 15) is 4.79 Å². The Balaban J connectivity index is 2.00. The number of ether oxygens (including phenoxy) is 1. The Morgan fingerprint density at radius 3 is 3.11 bits per heavy atom. The van der Waals surface area contributed by atoms with Crippen LogP contribution in [0.3, 0.4) is 0 Å². The first-order chi connectivity index (χ1) is 8.74. The summed E-state index contributed by atoms with van der Waals surface area (Å²) < 4.78 is 5.55. The molecule has 1 amide bonds. The molecule has 1 aliphatic rings. The van der Waals surface area contributed by atoms with Gasteiger partial charge in [-0.05, 0) is 13.3 Å². The summed E-state index contributed by atoms with van der Waals surface area (Å²) in [5, 5.41) is 12.1. The molecule has 18 heavy (non-hydrogen) atoms. The van der Waals surface area contributed by atoms with Crippen molar-refractivity contribution in [1.29, 1.82) is 0 Å². The zero-order chi connectivity index (χ0) is 13.0. The monoisotopic (exact) mass is 270 g/mol. The molecule has 1 N–H and O–H groups in total. The van der Waals surface area contributed by atoms with Crippen LogP contribution in [0.2, 0.25) is 0 Å². The molecule has 0 radical (unpaired) electrons. The maximum absolute atomic E-state index is 12.2. The van der Waals surface area contributed by atoms with Gasteiger partial charge in [0.25, 0.3) is 5.91 Å². The van der Waals surface area contributed by atoms with E-state index in [1.807, 2.05) is 6.92 Å². The molecule has 1 saturated heterocycles. The highest BCUT2D eigenvalue weighted by Crippen LogP contribution is 2.18. The number of carbonyl (C=O) groups is 1. The number of morpholine rings is 1. The van der Waals surface area contributed by atoms with E-state index in [1.165, 1.54) is 11.3 Å². The van der Waals surface area contributed by atoms with Crippen molar-refractivity contribution in [2.45, 2.75) is 26.4 Å². The van der Waals surface area contributed by atoms with E-state index in [-0.39, 0.29) is 12.0 Å². The molecule has 100 valence electrons. The topological polar surface area (TPSA) is 67.4 Å². The molecule has 7 heteroatoms. The molecule has 0 aliphatic carbocycles. The van der Waals surface area contributed by atoms with Gasteiger partial charge in [0, 0.05) is 19.6 Å². The highest BCUT2D eigenvalue weighted by atomic mass is 32.1. The van der Waals surface area contributed by atoms with Crippen LogP contribution in [-0.2, 0) is 4.74 Å². The van der Waals surface area contributed by atoms with Crippen LogP contribution in [-0.4, -0.2) is 53.3 Å². The lowest BCUT2D eigenvalue weighted by Gasteiger charge is -2.31. The minimum atomic E-state index is -0.0431. The van der Waals surface area contributed by atoms with E-state index in [0.717, 1.165) is 13.0 Å². The minimum absolute atomic E-state index is 0.0431. The molecule has 0 spiro atoms. The second-order valence-corrected chi connectivity index (χ2v) is 5.07. The van der Waals surface area contributed by atoms with Gasteiger partial charge >= 0.3 is 0 Å². The van der Waals surface area contributed by atoms with Gasteiger partial charge in [-0.25, -0.2) is 0 Å². The number of anilines is 1. The first-order valence-corrected chi connectivity index (χ1v) is 7.04. The normalized spacial score (nSPS) is 19.9. The number of hydrogen-bond acceptors (Lipinski definition) is 6. The molecule has 0 bridgehead atoms. The van der Waals surface area contributed by atoms with Gasteiger partial charge in [-0.1, -0.05) is 18.3 Å². The molecule has 1 atom stereocenters. The predicted molar refractivity (Wildman–Crippen MR) is 70.0 cm³/mol. The SMILES string of the molecule is CCNc1nnc(C(=O)N2CCOC(CC)C2)s1. The first kappa shape index (κ1) is 13.2. The number of carbonyl (C=O) groups excluding carboxylic acids is 1. The Bertz CT molecular complexity index is 410. The van der Waals surface area contributed by atoms with E-state index in [2.05, 4.69) is 22.4 Å². The quantitative estimate of drug-likeness (QED) is 0.891. The second-order valence-electron chi connectivity index (χ2n) is 4.09.